The molecule has 23 heavy (non-hydrogen) atoms. The molecule has 1 amide bonds. The number of nitrogens with two attached hydrogens (primary N) is 1. The predicted octanol–water partition coefficient (Wildman–Crippen LogP) is 3.53. The Labute approximate surface area is 136 Å². The Hall–Kier alpha value is -2.09. The van der Waals surface area contributed by atoms with Crippen LogP contribution in [-0.2, 0) is 11.3 Å². The number of imidazole rings is 1. The molecule has 0 radical (unpaired) electrons. The van der Waals surface area contributed by atoms with Gasteiger partial charge < -0.3 is 15.0 Å². The standard InChI is InChI=1S/C15H17F2N3O2S/c1-9(2)13-14(20(8-19-13)3-4-22-15(18)21)23-12-6-10(16)5-11(17)7-12/h5-9H,3-4H2,1-2H3,(H2,18,21). The van der Waals surface area contributed by atoms with Gasteiger partial charge in [0.25, 0.3) is 0 Å². The van der Waals surface area contributed by atoms with Crippen molar-refractivity contribution in [1.29, 1.82) is 0 Å². The van der Waals surface area contributed by atoms with Gasteiger partial charge in [0.2, 0.25) is 0 Å². The van der Waals surface area contributed by atoms with Crippen molar-refractivity contribution in [3.8, 4) is 0 Å². The minimum Gasteiger partial charge on any atom is -0.448 e. The number of nitrogens with zero attached hydrogens (tertiary/aromatic N) is 2. The highest BCUT2D eigenvalue weighted by molar-refractivity contribution is 7.99. The second-order valence-electron chi connectivity index (χ2n) is 5.16. The van der Waals surface area contributed by atoms with Gasteiger partial charge in [0.05, 0.1) is 18.6 Å². The van der Waals surface area contributed by atoms with Gasteiger partial charge >= 0.3 is 6.09 Å². The number of rotatable bonds is 6. The van der Waals surface area contributed by atoms with E-state index in [1.54, 1.807) is 10.9 Å². The molecule has 2 N–H and O–H groups in total. The van der Waals surface area contributed by atoms with Gasteiger partial charge in [0.15, 0.2) is 0 Å². The monoisotopic (exact) mass is 341 g/mol. The minimum atomic E-state index is -0.851. The van der Waals surface area contributed by atoms with E-state index in [2.05, 4.69) is 4.98 Å². The number of aromatic nitrogens is 2. The van der Waals surface area contributed by atoms with E-state index in [4.69, 9.17) is 10.5 Å². The number of carbonyl (C=O) groups excluding carboxylic acids is 1. The molecule has 0 bridgehead atoms. The number of hydrogen-bond acceptors (Lipinski definition) is 4. The molecule has 2 aromatic rings. The van der Waals surface area contributed by atoms with Crippen molar-refractivity contribution in [1.82, 2.24) is 9.55 Å². The van der Waals surface area contributed by atoms with Gasteiger partial charge in [-0.25, -0.2) is 18.6 Å². The van der Waals surface area contributed by atoms with Gasteiger partial charge in [-0.15, -0.1) is 0 Å². The Bertz CT molecular complexity index is 684. The van der Waals surface area contributed by atoms with E-state index in [-0.39, 0.29) is 12.5 Å². The first-order valence-corrected chi connectivity index (χ1v) is 7.79. The summed E-state index contributed by atoms with van der Waals surface area (Å²) < 4.78 is 33.2. The van der Waals surface area contributed by atoms with Crippen LogP contribution < -0.4 is 5.73 Å². The summed E-state index contributed by atoms with van der Waals surface area (Å²) in [6.07, 6.45) is 0.758. The smallest absolute Gasteiger partial charge is 0.404 e. The number of hydrogen-bond donors (Lipinski definition) is 1. The average molecular weight is 341 g/mol. The number of primary amides is 1. The zero-order valence-electron chi connectivity index (χ0n) is 12.8. The lowest BCUT2D eigenvalue weighted by Crippen LogP contribution is -2.16. The van der Waals surface area contributed by atoms with Crippen LogP contribution in [0.5, 0.6) is 0 Å². The van der Waals surface area contributed by atoms with Crippen LogP contribution in [0.1, 0.15) is 25.5 Å². The molecular formula is C15H17F2N3O2S. The van der Waals surface area contributed by atoms with Crippen LogP contribution >= 0.6 is 11.8 Å². The van der Waals surface area contributed by atoms with Crippen molar-refractivity contribution >= 4 is 17.9 Å². The molecule has 0 spiro atoms. The molecule has 8 heteroatoms. The molecule has 0 unspecified atom stereocenters. The fourth-order valence-electron chi connectivity index (χ4n) is 2.00. The quantitative estimate of drug-likeness (QED) is 0.872. The van der Waals surface area contributed by atoms with Crippen molar-refractivity contribution in [2.75, 3.05) is 6.61 Å². The molecule has 2 rings (SSSR count). The fourth-order valence-corrected chi connectivity index (χ4v) is 3.21. The van der Waals surface area contributed by atoms with Gasteiger partial charge in [0, 0.05) is 11.0 Å². The van der Waals surface area contributed by atoms with Crippen LogP contribution in [0.2, 0.25) is 0 Å². The lowest BCUT2D eigenvalue weighted by molar-refractivity contribution is 0.151. The van der Waals surface area contributed by atoms with Crippen LogP contribution in [0.3, 0.4) is 0 Å². The predicted molar refractivity (Wildman–Crippen MR) is 82.3 cm³/mol. The third-order valence-corrected chi connectivity index (χ3v) is 4.10. The van der Waals surface area contributed by atoms with Crippen molar-refractivity contribution in [3.63, 3.8) is 0 Å². The summed E-state index contributed by atoms with van der Waals surface area (Å²) in [5.41, 5.74) is 5.73. The molecule has 0 saturated carbocycles. The van der Waals surface area contributed by atoms with E-state index >= 15 is 0 Å². The maximum atomic E-state index is 13.4. The minimum absolute atomic E-state index is 0.0916. The van der Waals surface area contributed by atoms with Crippen LogP contribution in [0.4, 0.5) is 13.6 Å². The SMILES string of the molecule is CC(C)c1ncn(CCOC(N)=O)c1Sc1cc(F)cc(F)c1. The molecule has 1 aromatic carbocycles. The van der Waals surface area contributed by atoms with Gasteiger partial charge in [-0.3, -0.25) is 0 Å². The topological polar surface area (TPSA) is 70.1 Å². The number of benzene rings is 1. The molecule has 5 nitrogen and oxygen atoms in total. The second kappa shape index (κ2) is 7.45. The molecule has 1 heterocycles. The van der Waals surface area contributed by atoms with E-state index in [0.29, 0.717) is 11.4 Å². The molecule has 0 atom stereocenters. The van der Waals surface area contributed by atoms with Crippen LogP contribution in [-0.4, -0.2) is 22.3 Å². The number of amides is 1. The molecule has 1 aromatic heterocycles. The summed E-state index contributed by atoms with van der Waals surface area (Å²) in [4.78, 5) is 15.4. The van der Waals surface area contributed by atoms with Crippen molar-refractivity contribution in [2.24, 2.45) is 5.73 Å². The highest BCUT2D eigenvalue weighted by Crippen LogP contribution is 2.34. The first-order valence-electron chi connectivity index (χ1n) is 6.98. The van der Waals surface area contributed by atoms with Gasteiger partial charge in [0.1, 0.15) is 23.3 Å². The summed E-state index contributed by atoms with van der Waals surface area (Å²) in [5.74, 6) is -1.14. The molecular weight excluding hydrogens is 324 g/mol. The Morgan fingerprint density at radius 3 is 2.57 bits per heavy atom. The van der Waals surface area contributed by atoms with Gasteiger partial charge in [-0.2, -0.15) is 0 Å². The van der Waals surface area contributed by atoms with E-state index in [9.17, 15) is 13.6 Å². The Balaban J connectivity index is 2.26. The lowest BCUT2D eigenvalue weighted by Gasteiger charge is -2.11. The normalized spacial score (nSPS) is 11.0. The largest absolute Gasteiger partial charge is 0.448 e. The third kappa shape index (κ3) is 4.69. The van der Waals surface area contributed by atoms with Crippen molar-refractivity contribution in [3.05, 3.63) is 41.9 Å². The van der Waals surface area contributed by atoms with E-state index in [1.807, 2.05) is 13.8 Å². The zero-order valence-corrected chi connectivity index (χ0v) is 13.6. The number of ether oxygens (including phenoxy) is 1. The summed E-state index contributed by atoms with van der Waals surface area (Å²) in [6, 6.07) is 3.34. The molecule has 0 aliphatic heterocycles. The Kier molecular flexibility index (Phi) is 5.59. The third-order valence-electron chi connectivity index (χ3n) is 2.99. The fraction of sp³-hybridized carbons (Fsp3) is 0.333. The first kappa shape index (κ1) is 17.3. The molecule has 0 aliphatic rings. The van der Waals surface area contributed by atoms with Gasteiger partial charge in [-0.1, -0.05) is 25.6 Å². The van der Waals surface area contributed by atoms with Crippen molar-refractivity contribution < 1.29 is 18.3 Å². The van der Waals surface area contributed by atoms with Crippen molar-refractivity contribution in [2.45, 2.75) is 36.2 Å². The zero-order chi connectivity index (χ0) is 17.0. The van der Waals surface area contributed by atoms with E-state index < -0.39 is 17.7 Å². The van der Waals surface area contributed by atoms with Crippen LogP contribution in [0, 0.1) is 11.6 Å². The molecule has 0 fully saturated rings. The maximum Gasteiger partial charge on any atom is 0.404 e. The second-order valence-corrected chi connectivity index (χ2v) is 6.22. The molecule has 124 valence electrons. The van der Waals surface area contributed by atoms with Crippen LogP contribution in [0.25, 0.3) is 0 Å². The summed E-state index contributed by atoms with van der Waals surface area (Å²) in [7, 11) is 0. The van der Waals surface area contributed by atoms with E-state index in [1.165, 1.54) is 23.9 Å². The summed E-state index contributed by atoms with van der Waals surface area (Å²) in [6.45, 7) is 4.39. The summed E-state index contributed by atoms with van der Waals surface area (Å²) in [5, 5.41) is 0.748. The maximum absolute atomic E-state index is 13.4. The summed E-state index contributed by atoms with van der Waals surface area (Å²) >= 11 is 1.21. The van der Waals surface area contributed by atoms with Gasteiger partial charge in [-0.05, 0) is 18.1 Å². The first-order chi connectivity index (χ1) is 10.9. The van der Waals surface area contributed by atoms with Crippen LogP contribution in [0.15, 0.2) is 34.4 Å². The van der Waals surface area contributed by atoms with E-state index in [0.717, 1.165) is 16.8 Å². The highest BCUT2D eigenvalue weighted by atomic mass is 32.2. The Morgan fingerprint density at radius 2 is 2.00 bits per heavy atom. The number of carbonyl (C=O) groups is 1. The number of halogens is 2. The average Bonchev–Trinajstić information content (AvgIpc) is 2.80. The molecule has 0 saturated heterocycles. The highest BCUT2D eigenvalue weighted by Gasteiger charge is 2.16. The lowest BCUT2D eigenvalue weighted by atomic mass is 10.1. The molecule has 0 aliphatic carbocycles. The Morgan fingerprint density at radius 1 is 1.35 bits per heavy atom.